The van der Waals surface area contributed by atoms with Crippen molar-refractivity contribution in [2.75, 3.05) is 32.2 Å². The van der Waals surface area contributed by atoms with Crippen LogP contribution in [0.25, 0.3) is 22.3 Å². The number of fused-ring (bicyclic) bond motifs is 5. The van der Waals surface area contributed by atoms with Gasteiger partial charge in [-0.3, -0.25) is 19.2 Å². The Hall–Kier alpha value is -3.88. The second-order valence-electron chi connectivity index (χ2n) is 12.2. The number of rotatable bonds is 18. The van der Waals surface area contributed by atoms with Gasteiger partial charge in [-0.2, -0.15) is 25.3 Å². The summed E-state index contributed by atoms with van der Waals surface area (Å²) in [6.07, 6.45) is 3.18. The van der Waals surface area contributed by atoms with E-state index in [1.807, 2.05) is 30.3 Å². The van der Waals surface area contributed by atoms with Crippen molar-refractivity contribution in [3.8, 4) is 11.4 Å². The number of benzene rings is 1. The van der Waals surface area contributed by atoms with Crippen molar-refractivity contribution in [1.29, 1.82) is 0 Å². The molecule has 0 radical (unpaired) electrons. The zero-order valence-corrected chi connectivity index (χ0v) is 29.8. The molecule has 0 amide bonds. The molecule has 0 N–H and O–H groups in total. The normalized spacial score (nSPS) is 16.6. The molecule has 2 unspecified atom stereocenters. The molecule has 3 aromatic rings. The summed E-state index contributed by atoms with van der Waals surface area (Å²) in [5.41, 5.74) is 1.08. The van der Waals surface area contributed by atoms with Crippen LogP contribution in [0.3, 0.4) is 0 Å². The summed E-state index contributed by atoms with van der Waals surface area (Å²) in [7, 11) is 0. The summed E-state index contributed by atoms with van der Waals surface area (Å²) in [6.45, 7) is 2.00. The molecular formula is C36H42N2O10S2. The van der Waals surface area contributed by atoms with Crippen LogP contribution in [0, 0.1) is 0 Å². The number of unbranched alkanes of at least 4 members (excludes halogenated alkanes) is 1. The lowest BCUT2D eigenvalue weighted by Crippen LogP contribution is -2.47. The van der Waals surface area contributed by atoms with Crippen LogP contribution in [0.5, 0.6) is 0 Å². The van der Waals surface area contributed by atoms with Crippen LogP contribution in [0.1, 0.15) is 75.0 Å². The van der Waals surface area contributed by atoms with Gasteiger partial charge in [0.05, 0.1) is 55.1 Å². The van der Waals surface area contributed by atoms with Crippen molar-refractivity contribution >= 4 is 60.0 Å². The summed E-state index contributed by atoms with van der Waals surface area (Å²) in [5, 5.41) is 1.24. The van der Waals surface area contributed by atoms with Crippen molar-refractivity contribution in [1.82, 2.24) is 9.55 Å². The van der Waals surface area contributed by atoms with Gasteiger partial charge in [-0.1, -0.05) is 31.5 Å². The predicted octanol–water partition coefficient (Wildman–Crippen LogP) is 4.69. The van der Waals surface area contributed by atoms with E-state index in [0.717, 1.165) is 47.9 Å². The van der Waals surface area contributed by atoms with Crippen molar-refractivity contribution in [2.45, 2.75) is 82.3 Å². The number of thiol groups is 2. The lowest BCUT2D eigenvalue weighted by Gasteiger charge is -2.35. The van der Waals surface area contributed by atoms with E-state index in [2.05, 4.69) is 25.3 Å². The molecule has 1 aromatic carbocycles. The fraction of sp³-hybridized carbons (Fsp3) is 0.500. The minimum Gasteiger partial charge on any atom is -0.463 e. The Balaban J connectivity index is 1.08. The van der Waals surface area contributed by atoms with Crippen LogP contribution in [0.4, 0.5) is 0 Å². The molecule has 0 saturated carbocycles. The van der Waals surface area contributed by atoms with Gasteiger partial charge in [0, 0.05) is 28.2 Å². The maximum atomic E-state index is 13.7. The molecule has 0 saturated heterocycles. The number of carbonyl (C=O) groups is 4. The highest BCUT2D eigenvalue weighted by atomic mass is 32.1. The van der Waals surface area contributed by atoms with Gasteiger partial charge < -0.3 is 28.3 Å². The first-order valence-corrected chi connectivity index (χ1v) is 18.0. The first-order valence-electron chi connectivity index (χ1n) is 16.9. The highest BCUT2D eigenvalue weighted by Crippen LogP contribution is 2.41. The van der Waals surface area contributed by atoms with Gasteiger partial charge in [0.25, 0.3) is 5.56 Å². The number of nitrogens with zero attached hydrogens (tertiary/aromatic N) is 2. The fourth-order valence-electron chi connectivity index (χ4n) is 6.15. The zero-order valence-electron chi connectivity index (χ0n) is 28.0. The molecule has 12 nitrogen and oxygen atoms in total. The third-order valence-corrected chi connectivity index (χ3v) is 9.59. The van der Waals surface area contributed by atoms with Crippen molar-refractivity contribution in [2.24, 2.45) is 0 Å². The number of ether oxygens (including phenoxy) is 5. The molecule has 14 heteroatoms. The number of hydrogen-bond donors (Lipinski definition) is 2. The van der Waals surface area contributed by atoms with Crippen LogP contribution in [-0.4, -0.2) is 70.9 Å². The minimum atomic E-state index is -1.86. The highest BCUT2D eigenvalue weighted by Gasteiger charge is 2.50. The van der Waals surface area contributed by atoms with Gasteiger partial charge in [0.15, 0.2) is 0 Å². The first-order chi connectivity index (χ1) is 24.2. The molecule has 0 fully saturated rings. The molecule has 0 spiro atoms. The van der Waals surface area contributed by atoms with E-state index in [9.17, 15) is 24.0 Å². The largest absolute Gasteiger partial charge is 0.463 e. The molecular weight excluding hydrogens is 685 g/mol. The van der Waals surface area contributed by atoms with E-state index in [1.165, 1.54) is 0 Å². The molecule has 2 aromatic heterocycles. The topological polar surface area (TPSA) is 149 Å². The Morgan fingerprint density at radius 3 is 2.42 bits per heavy atom. The van der Waals surface area contributed by atoms with E-state index >= 15 is 0 Å². The summed E-state index contributed by atoms with van der Waals surface area (Å²) in [6, 6.07) is 11.3. The molecule has 2 aliphatic rings. The zero-order chi connectivity index (χ0) is 35.7. The van der Waals surface area contributed by atoms with E-state index in [-0.39, 0.29) is 75.0 Å². The van der Waals surface area contributed by atoms with Crippen LogP contribution in [0.2, 0.25) is 0 Å². The number of esters is 4. The van der Waals surface area contributed by atoms with Crippen molar-refractivity contribution in [3.05, 3.63) is 63.4 Å². The van der Waals surface area contributed by atoms with Gasteiger partial charge in [-0.15, -0.1) is 0 Å². The Morgan fingerprint density at radius 1 is 0.960 bits per heavy atom. The fourth-order valence-corrected chi connectivity index (χ4v) is 6.98. The van der Waals surface area contributed by atoms with Gasteiger partial charge in [-0.25, -0.2) is 9.78 Å². The Kier molecular flexibility index (Phi) is 13.0. The lowest BCUT2D eigenvalue weighted by atomic mass is 9.85. The molecule has 5 rings (SSSR count). The summed E-state index contributed by atoms with van der Waals surface area (Å²) in [4.78, 5) is 68.9. The highest BCUT2D eigenvalue weighted by molar-refractivity contribution is 7.81. The van der Waals surface area contributed by atoms with Gasteiger partial charge >= 0.3 is 23.9 Å². The molecule has 4 heterocycles. The molecule has 2 atom stereocenters. The average Bonchev–Trinajstić information content (AvgIpc) is 3.46. The number of hydrogen-bond acceptors (Lipinski definition) is 13. The van der Waals surface area contributed by atoms with Crippen molar-refractivity contribution < 1.29 is 42.9 Å². The number of carbonyl (C=O) groups excluding carboxylic acids is 4. The number of cyclic esters (lactones) is 1. The summed E-state index contributed by atoms with van der Waals surface area (Å²) in [5.74, 6) is -1.76. The monoisotopic (exact) mass is 726 g/mol. The average molecular weight is 727 g/mol. The van der Waals surface area contributed by atoms with Gasteiger partial charge in [-0.05, 0) is 49.6 Å². The third kappa shape index (κ3) is 8.70. The number of para-hydroxylation sites is 1. The quantitative estimate of drug-likeness (QED) is 0.0637. The first kappa shape index (κ1) is 37.4. The van der Waals surface area contributed by atoms with E-state index in [1.54, 1.807) is 17.6 Å². The van der Waals surface area contributed by atoms with E-state index in [0.29, 0.717) is 29.6 Å². The molecule has 268 valence electrons. The minimum absolute atomic E-state index is 0.00969. The number of pyridine rings is 2. The van der Waals surface area contributed by atoms with Crippen molar-refractivity contribution in [3.63, 3.8) is 0 Å². The maximum absolute atomic E-state index is 13.7. The van der Waals surface area contributed by atoms with Gasteiger partial charge in [0.1, 0.15) is 19.8 Å². The van der Waals surface area contributed by atoms with Crippen LogP contribution >= 0.6 is 25.3 Å². The van der Waals surface area contributed by atoms with Crippen LogP contribution < -0.4 is 5.56 Å². The molecule has 0 aliphatic carbocycles. The SMILES string of the molecule is CCC1(OC(=O)CCC(=O)OCCOCCOC(=O)CCCCC(S)CCS)C(=O)OCc2c1cc1n(c2=O)Cc2cc3ccccc3nc2-1. The second kappa shape index (κ2) is 17.4. The maximum Gasteiger partial charge on any atom is 0.355 e. The second-order valence-corrected chi connectivity index (χ2v) is 13.4. The van der Waals surface area contributed by atoms with Crippen LogP contribution in [-0.2, 0) is 61.6 Å². The Bertz CT molecular complexity index is 1790. The summed E-state index contributed by atoms with van der Waals surface area (Å²) >= 11 is 8.67. The third-order valence-electron chi connectivity index (χ3n) is 8.82. The molecule has 50 heavy (non-hydrogen) atoms. The summed E-state index contributed by atoms with van der Waals surface area (Å²) < 4.78 is 28.4. The standard InChI is InChI=1S/C36H42N2O10S2/c1-2-36(48-32(41)12-11-31(40)46-17-15-44-14-16-45-30(39)10-6-4-8-25(50)13-18-49)27-20-29-33-24(19-23-7-3-5-9-28(23)37-33)21-38(29)34(42)26(27)22-47-35(36)43/h3,5,7,9,19-20,25,49-50H,2,4,6,8,10-18,21-22H2,1H3. The molecule has 0 bridgehead atoms. The number of aromatic nitrogens is 2. The lowest BCUT2D eigenvalue weighted by molar-refractivity contribution is -0.189. The predicted molar refractivity (Wildman–Crippen MR) is 190 cm³/mol. The van der Waals surface area contributed by atoms with E-state index < -0.39 is 23.5 Å². The Morgan fingerprint density at radius 2 is 1.68 bits per heavy atom. The Labute approximate surface area is 301 Å². The van der Waals surface area contributed by atoms with E-state index in [4.69, 9.17) is 28.7 Å². The smallest absolute Gasteiger partial charge is 0.355 e. The molecule has 2 aliphatic heterocycles. The van der Waals surface area contributed by atoms with Gasteiger partial charge in [0.2, 0.25) is 5.60 Å². The van der Waals surface area contributed by atoms with Crippen LogP contribution in [0.15, 0.2) is 41.2 Å².